The lowest BCUT2D eigenvalue weighted by atomic mass is 9.76. The molecule has 0 bridgehead atoms. The van der Waals surface area contributed by atoms with Crippen molar-refractivity contribution in [1.29, 1.82) is 0 Å². The maximum Gasteiger partial charge on any atom is 0.412 e. The number of carboxylic acid groups (broad SMARTS) is 3. The first-order valence-corrected chi connectivity index (χ1v) is 25.3. The van der Waals surface area contributed by atoms with Crippen molar-refractivity contribution in [3.8, 4) is 0 Å². The third-order valence-corrected chi connectivity index (χ3v) is 14.1. The van der Waals surface area contributed by atoms with Gasteiger partial charge in [-0.15, -0.1) is 0 Å². The molecular formula is C48H38F36N5O8-3. The molecule has 0 unspecified atom stereocenters. The highest BCUT2D eigenvalue weighted by Gasteiger charge is 2.86. The van der Waals surface area contributed by atoms with Crippen molar-refractivity contribution in [3.05, 3.63) is 69.8 Å². The Morgan fingerprint density at radius 3 is 0.577 bits per heavy atom. The first kappa shape index (κ1) is 86.2. The Labute approximate surface area is 515 Å². The van der Waals surface area contributed by atoms with Crippen molar-refractivity contribution in [2.45, 2.75) is 113 Å². The second kappa shape index (κ2) is 29.2. The van der Waals surface area contributed by atoms with Gasteiger partial charge in [0.2, 0.25) is 11.8 Å². The van der Waals surface area contributed by atoms with Gasteiger partial charge in [-0.1, -0.05) is 36.4 Å². The zero-order valence-corrected chi connectivity index (χ0v) is 46.8. The molecule has 2 N–H and O–H groups in total. The summed E-state index contributed by atoms with van der Waals surface area (Å²) in [4.78, 5) is 62.1. The molecule has 558 valence electrons. The standard InChI is InChI=1S/C48H41F36N5O8/c49-37(50,51)33(38(52,53)54,39(55,56)57)11-22-5-23(12-34(40(58,59)60,41(61,62)63)42(64,65)66)8-26(7-22)15-85-28(90)17-88(20-31(94)95)3-1-87(19-30(92)93)2-4-89(21-32(96)97)18-29(91)86-16-27-9-24(13-35(43(67,68)69,44(70,71)72)45(73,74)75)6-25(10-27)14-36(46(76,77)78,47(79,80)81)48(82,83)84/h5-10H,1-4,11-21H2,(H,85,90)(H,86,91)(H,92,93)(H,94,95)(H,96,97)/p-3. The molecular weight excluding hydrogens is 1460 g/mol. The minimum Gasteiger partial charge on any atom is -0.549 e. The van der Waals surface area contributed by atoms with Crippen molar-refractivity contribution in [3.63, 3.8) is 0 Å². The molecule has 49 heteroatoms. The second-order valence-corrected chi connectivity index (χ2v) is 21.0. The van der Waals surface area contributed by atoms with Crippen molar-refractivity contribution < 1.29 is 197 Å². The van der Waals surface area contributed by atoms with E-state index < -0.39 is 269 Å². The number of carbonyl (C=O) groups is 5. The minimum absolute atomic E-state index is 0.305. The topological polar surface area (TPSA) is 188 Å². The lowest BCUT2D eigenvalue weighted by Gasteiger charge is -2.39. The van der Waals surface area contributed by atoms with E-state index in [0.29, 0.717) is 14.7 Å². The van der Waals surface area contributed by atoms with Crippen LogP contribution >= 0.6 is 0 Å². The van der Waals surface area contributed by atoms with Gasteiger partial charge < -0.3 is 40.3 Å². The van der Waals surface area contributed by atoms with E-state index in [9.17, 15) is 197 Å². The van der Waals surface area contributed by atoms with Gasteiger partial charge in [-0.2, -0.15) is 158 Å². The van der Waals surface area contributed by atoms with Crippen LogP contribution in [0.15, 0.2) is 36.4 Å². The number of carboxylic acids is 3. The fourth-order valence-electron chi connectivity index (χ4n) is 9.38. The molecule has 0 heterocycles. The zero-order chi connectivity index (χ0) is 76.3. The van der Waals surface area contributed by atoms with Crippen LogP contribution in [0.1, 0.15) is 33.4 Å². The van der Waals surface area contributed by atoms with E-state index in [1.165, 1.54) is 10.6 Å². The molecule has 0 atom stereocenters. The second-order valence-electron chi connectivity index (χ2n) is 21.0. The number of carbonyl (C=O) groups excluding carboxylic acids is 5. The minimum atomic E-state index is -7.53. The van der Waals surface area contributed by atoms with Crippen LogP contribution in [0.3, 0.4) is 0 Å². The fraction of sp³-hybridized carbons (Fsp3) is 0.646. The molecule has 0 fully saturated rings. The molecule has 13 nitrogen and oxygen atoms in total. The van der Waals surface area contributed by atoms with Crippen LogP contribution in [0.2, 0.25) is 0 Å². The van der Waals surface area contributed by atoms with Crippen LogP contribution in [0, 0.1) is 21.7 Å². The van der Waals surface area contributed by atoms with Crippen LogP contribution in [0.5, 0.6) is 0 Å². The SMILES string of the molecule is O=C([O-])CN(CCN(CC(=O)[O-])CC(=O)NCc1cc(CC(C(F)(F)F)(C(F)(F)F)C(F)(F)F)cc(CC(C(F)(F)F)(C(F)(F)F)C(F)(F)F)c1)CCN(CC(=O)[O-])CC(=O)NCc1cc(CC(C(F)(F)F)(C(F)(F)F)C(F)(F)F)cc(CC(C(F)(F)F)(C(F)(F)F)C(F)(F)F)c1. The van der Waals surface area contributed by atoms with Gasteiger partial charge in [0.25, 0.3) is 21.7 Å². The normalized spacial score (nSPS) is 14.6. The number of rotatable bonds is 28. The number of nitrogens with one attached hydrogen (secondary N) is 2. The van der Waals surface area contributed by atoms with Gasteiger partial charge in [0.1, 0.15) is 0 Å². The van der Waals surface area contributed by atoms with Crippen LogP contribution in [0.25, 0.3) is 0 Å². The molecule has 0 aliphatic heterocycles. The van der Waals surface area contributed by atoms with E-state index in [-0.39, 0.29) is 24.3 Å². The van der Waals surface area contributed by atoms with E-state index in [1.807, 2.05) is 0 Å². The first-order valence-electron chi connectivity index (χ1n) is 25.3. The summed E-state index contributed by atoms with van der Waals surface area (Å²) in [6, 6.07) is -2.74. The summed E-state index contributed by atoms with van der Waals surface area (Å²) in [5.74, 6) is -10.2. The number of hydrogen-bond acceptors (Lipinski definition) is 11. The molecule has 0 spiro atoms. The number of nitrogens with zero attached hydrogens (tertiary/aromatic N) is 3. The van der Waals surface area contributed by atoms with E-state index >= 15 is 0 Å². The maximum atomic E-state index is 13.9. The van der Waals surface area contributed by atoms with Crippen LogP contribution in [-0.4, -0.2) is 177 Å². The van der Waals surface area contributed by atoms with Gasteiger partial charge in [0.05, 0.1) is 31.0 Å². The summed E-state index contributed by atoms with van der Waals surface area (Å²) in [7, 11) is 0. The predicted molar refractivity (Wildman–Crippen MR) is 238 cm³/mol. The predicted octanol–water partition coefficient (Wildman–Crippen LogP) is 8.64. The maximum absolute atomic E-state index is 13.9. The molecule has 2 aromatic carbocycles. The molecule has 0 aromatic heterocycles. The van der Waals surface area contributed by atoms with E-state index in [0.717, 1.165) is 0 Å². The Balaban J connectivity index is 2.63. The van der Waals surface area contributed by atoms with Gasteiger partial charge in [-0.3, -0.25) is 24.3 Å². The summed E-state index contributed by atoms with van der Waals surface area (Å²) in [6.07, 6.45) is -105. The van der Waals surface area contributed by atoms with Gasteiger partial charge in [-0.25, -0.2) is 0 Å². The highest BCUT2D eigenvalue weighted by molar-refractivity contribution is 5.79. The molecule has 0 aliphatic carbocycles. The van der Waals surface area contributed by atoms with Gasteiger partial charge in [0.15, 0.2) is 0 Å². The number of halogens is 36. The Morgan fingerprint density at radius 2 is 0.412 bits per heavy atom. The number of benzene rings is 2. The number of aliphatic carboxylic acids is 3. The average molecular weight is 1500 g/mol. The van der Waals surface area contributed by atoms with Gasteiger partial charge >= 0.3 is 74.1 Å². The highest BCUT2D eigenvalue weighted by Crippen LogP contribution is 2.65. The first-order chi connectivity index (χ1) is 42.9. The van der Waals surface area contributed by atoms with Gasteiger partial charge in [0, 0.05) is 84.6 Å². The molecule has 0 aliphatic rings. The summed E-state index contributed by atoms with van der Waals surface area (Å²) in [5.41, 5.74) is -39.9. The Morgan fingerprint density at radius 1 is 0.258 bits per heavy atom. The highest BCUT2D eigenvalue weighted by atomic mass is 19.5. The average Bonchev–Trinajstić information content (AvgIpc) is 0.743. The largest absolute Gasteiger partial charge is 0.549 e. The Hall–Kier alpha value is -6.85. The Kier molecular flexibility index (Phi) is 25.9. The fourth-order valence-corrected chi connectivity index (χ4v) is 9.38. The smallest absolute Gasteiger partial charge is 0.412 e. The third kappa shape index (κ3) is 19.8. The lowest BCUT2D eigenvalue weighted by molar-refractivity contribution is -0.428. The van der Waals surface area contributed by atoms with Crippen LogP contribution in [0.4, 0.5) is 158 Å². The Bertz CT molecular complexity index is 2580. The third-order valence-electron chi connectivity index (χ3n) is 14.1. The van der Waals surface area contributed by atoms with Crippen molar-refractivity contribution in [2.24, 2.45) is 21.7 Å². The quantitative estimate of drug-likeness (QED) is 0.0777. The van der Waals surface area contributed by atoms with Crippen molar-refractivity contribution in [1.82, 2.24) is 25.3 Å². The molecule has 0 saturated heterocycles. The van der Waals surface area contributed by atoms with E-state index in [1.54, 1.807) is 0 Å². The van der Waals surface area contributed by atoms with Crippen molar-refractivity contribution in [2.75, 3.05) is 58.9 Å². The summed E-state index contributed by atoms with van der Waals surface area (Å²) in [6.45, 7) is -15.1. The molecule has 2 rings (SSSR count). The number of hydrogen-bond donors (Lipinski definition) is 2. The monoisotopic (exact) mass is 1500 g/mol. The van der Waals surface area contributed by atoms with Crippen LogP contribution in [-0.2, 0) is 62.7 Å². The van der Waals surface area contributed by atoms with Crippen molar-refractivity contribution >= 4 is 29.7 Å². The number of alkyl halides is 36. The van der Waals surface area contributed by atoms with Gasteiger partial charge in [-0.05, 0) is 33.4 Å². The zero-order valence-electron chi connectivity index (χ0n) is 46.8. The molecule has 0 radical (unpaired) electrons. The van der Waals surface area contributed by atoms with E-state index in [2.05, 4.69) is 0 Å². The van der Waals surface area contributed by atoms with Crippen LogP contribution < -0.4 is 26.0 Å². The summed E-state index contributed by atoms with van der Waals surface area (Å²) >= 11 is 0. The summed E-state index contributed by atoms with van der Waals surface area (Å²) in [5, 5.41) is 38.0. The van der Waals surface area contributed by atoms with E-state index in [4.69, 9.17) is 0 Å². The molecule has 0 saturated carbocycles. The summed E-state index contributed by atoms with van der Waals surface area (Å²) < 4.78 is 500. The molecule has 2 aromatic rings. The molecule has 97 heavy (non-hydrogen) atoms. The lowest BCUT2D eigenvalue weighted by Crippen LogP contribution is -2.61. The molecule has 2 amide bonds. The number of amides is 2.